The number of hydrogen-bond acceptors (Lipinski definition) is 15. The van der Waals surface area contributed by atoms with E-state index in [1.165, 1.54) is 6.07 Å². The second-order valence-electron chi connectivity index (χ2n) is 21.3. The van der Waals surface area contributed by atoms with Gasteiger partial charge in [0.1, 0.15) is 30.6 Å². The zero-order chi connectivity index (χ0) is 54.4. The van der Waals surface area contributed by atoms with Crippen molar-refractivity contribution in [1.29, 1.82) is 0 Å². The fraction of sp³-hybridized carbons (Fsp3) is 0.386. The first-order valence-electron chi connectivity index (χ1n) is 26.6. The van der Waals surface area contributed by atoms with Crippen LogP contribution in [0.3, 0.4) is 0 Å². The average Bonchev–Trinajstić information content (AvgIpc) is 4.16. The van der Waals surface area contributed by atoms with Crippen LogP contribution >= 0.6 is 23.1 Å². The number of ether oxygens (including phenoxy) is 1. The number of piperazine rings is 1. The molecule has 4 fully saturated rings. The van der Waals surface area contributed by atoms with Crippen LogP contribution in [0.2, 0.25) is 0 Å². The van der Waals surface area contributed by atoms with Crippen molar-refractivity contribution in [2.24, 2.45) is 13.0 Å². The molecule has 0 bridgehead atoms. The summed E-state index contributed by atoms with van der Waals surface area (Å²) in [7, 11) is 0.864. The van der Waals surface area contributed by atoms with Crippen molar-refractivity contribution in [3.63, 3.8) is 0 Å². The molecule has 0 unspecified atom stereocenters. The number of hydrogen-bond donors (Lipinski definition) is 3. The Morgan fingerprint density at radius 1 is 0.756 bits per heavy atom. The summed E-state index contributed by atoms with van der Waals surface area (Å²) in [5.41, 5.74) is 6.78. The van der Waals surface area contributed by atoms with Gasteiger partial charge in [-0.3, -0.25) is 39.0 Å². The quantitative estimate of drug-likeness (QED) is 0.0700. The first-order chi connectivity index (χ1) is 37.6. The number of methoxy groups -OCH3 is 1. The van der Waals surface area contributed by atoms with Crippen LogP contribution in [0, 0.1) is 11.7 Å². The molecule has 406 valence electrons. The van der Waals surface area contributed by atoms with Crippen LogP contribution in [0.5, 0.6) is 5.75 Å². The number of amides is 4. The minimum Gasteiger partial charge on any atom is -0.494 e. The number of piperidine rings is 3. The van der Waals surface area contributed by atoms with Gasteiger partial charge in [0.2, 0.25) is 17.8 Å². The Hall–Kier alpha value is -6.99. The number of aryl methyl sites for hydroxylation is 1. The number of nitrogens with zero attached hydrogens (tertiary/aromatic N) is 9. The molecule has 1 atom stereocenters. The van der Waals surface area contributed by atoms with E-state index >= 15 is 4.39 Å². The Bertz CT molecular complexity index is 3350. The monoisotopic (exact) mass is 1140 g/mol. The number of anilines is 6. The van der Waals surface area contributed by atoms with Gasteiger partial charge in [-0.1, -0.05) is 36.4 Å². The van der Waals surface area contributed by atoms with Crippen molar-refractivity contribution >= 4 is 86.5 Å². The van der Waals surface area contributed by atoms with Crippen molar-refractivity contribution in [3.8, 4) is 28.0 Å². The lowest BCUT2D eigenvalue weighted by atomic mass is 9.92. The first-order valence-corrected chi connectivity index (χ1v) is 30.0. The van der Waals surface area contributed by atoms with Gasteiger partial charge in [-0.2, -0.15) is 10.1 Å². The Morgan fingerprint density at radius 2 is 1.47 bits per heavy atom. The third kappa shape index (κ3) is 10.9. The summed E-state index contributed by atoms with van der Waals surface area (Å²) in [6.07, 6.45) is 9.93. The molecule has 2 aromatic heterocycles. The van der Waals surface area contributed by atoms with Crippen molar-refractivity contribution in [1.82, 2.24) is 39.8 Å². The van der Waals surface area contributed by atoms with Gasteiger partial charge in [-0.15, -0.1) is 0 Å². The molecule has 18 nitrogen and oxygen atoms in total. The first kappa shape index (κ1) is 53.0. The summed E-state index contributed by atoms with van der Waals surface area (Å²) in [6, 6.07) is 22.1. The molecular weight excluding hydrogens is 1080 g/mol. The highest BCUT2D eigenvalue weighted by Gasteiger charge is 2.45. The maximum absolute atomic E-state index is 15.6. The van der Waals surface area contributed by atoms with Crippen molar-refractivity contribution < 1.29 is 32.9 Å². The molecule has 4 aromatic carbocycles. The van der Waals surface area contributed by atoms with Gasteiger partial charge in [0, 0.05) is 106 Å². The second-order valence-corrected chi connectivity index (χ2v) is 25.4. The molecule has 11 rings (SSSR count). The van der Waals surface area contributed by atoms with Crippen LogP contribution in [0.4, 0.5) is 38.9 Å². The zero-order valence-corrected chi connectivity index (χ0v) is 46.7. The molecule has 4 amide bonds. The zero-order valence-electron chi connectivity index (χ0n) is 44.2. The van der Waals surface area contributed by atoms with E-state index < -0.39 is 42.6 Å². The summed E-state index contributed by atoms with van der Waals surface area (Å²) in [4.78, 5) is 70.9. The molecule has 7 heterocycles. The molecule has 5 aliphatic rings. The van der Waals surface area contributed by atoms with Gasteiger partial charge >= 0.3 is 0 Å². The maximum Gasteiger partial charge on any atom is 0.262 e. The van der Waals surface area contributed by atoms with Gasteiger partial charge in [-0.05, 0) is 122 Å². The Morgan fingerprint density at radius 3 is 2.15 bits per heavy atom. The highest BCUT2D eigenvalue weighted by Crippen LogP contribution is 2.44. The number of carbonyl (C=O) groups is 4. The maximum atomic E-state index is 15.6. The Labute approximate surface area is 461 Å². The van der Waals surface area contributed by atoms with E-state index in [9.17, 15) is 23.7 Å². The summed E-state index contributed by atoms with van der Waals surface area (Å²) >= 11 is 3.64. The summed E-state index contributed by atoms with van der Waals surface area (Å²) < 4.78 is 37.8. The predicted molar refractivity (Wildman–Crippen MR) is 304 cm³/mol. The SMILES string of the molecule is COc1cc(N2CCC(N3CCC(CN4CCN(c5cc6c(cc5F)C(=O)N([C@H]5CCC(=O)NC5=O)C6=O)CC4)CC3)CC2)c(-c2cnn(C)c2)cc1Nc1ncc(Br)c(Nc2ccc(-c3ccccc3)cc2P(C)(C)=O)n1. The van der Waals surface area contributed by atoms with Gasteiger partial charge in [0.05, 0.1) is 46.0 Å². The van der Waals surface area contributed by atoms with Gasteiger partial charge < -0.3 is 34.6 Å². The molecule has 0 aliphatic carbocycles. The smallest absolute Gasteiger partial charge is 0.262 e. The number of likely N-dealkylation sites (tertiary alicyclic amines) is 1. The van der Waals surface area contributed by atoms with E-state index in [0.29, 0.717) is 58.4 Å². The van der Waals surface area contributed by atoms with Crippen LogP contribution in [0.25, 0.3) is 22.3 Å². The standard InChI is InChI=1S/C57H63BrFN12O6P/c1-66-34-38(31-61-66)40-28-46(63-57-60-32-43(58)53(65-57)62-45-11-10-37(26-51(45)78(3,4)76)36-8-6-5-7-9-36)50(77-2)30-48(40)69-20-16-39(17-21-69)68-18-14-35(15-19-68)33-67-22-24-70(25-23-67)49-29-42-41(27-44(49)59)55(74)71(56(42)75)47-12-13-52(72)64-54(47)73/h5-11,26-32,34-35,39,47H,12-25,33H2,1-4H3,(H,64,72,73)(H2,60,62,63,65)/t47-/m0/s1. The molecule has 5 aliphatic heterocycles. The molecule has 78 heavy (non-hydrogen) atoms. The second kappa shape index (κ2) is 22.0. The van der Waals surface area contributed by atoms with Gasteiger partial charge in [-0.25, -0.2) is 9.37 Å². The van der Waals surface area contributed by atoms with E-state index in [2.05, 4.69) is 68.8 Å². The highest BCUT2D eigenvalue weighted by atomic mass is 79.9. The number of aromatic nitrogens is 4. The summed E-state index contributed by atoms with van der Waals surface area (Å²) in [5.74, 6) is -1.01. The normalized spacial score (nSPS) is 19.1. The van der Waals surface area contributed by atoms with Crippen LogP contribution < -0.4 is 35.8 Å². The molecule has 6 aromatic rings. The Balaban J connectivity index is 0.702. The van der Waals surface area contributed by atoms with E-state index in [1.807, 2.05) is 77.6 Å². The molecule has 0 saturated carbocycles. The van der Waals surface area contributed by atoms with Crippen LogP contribution in [0.1, 0.15) is 59.2 Å². The number of benzene rings is 4. The van der Waals surface area contributed by atoms with Crippen LogP contribution in [-0.4, -0.2) is 150 Å². The topological polar surface area (TPSA) is 190 Å². The minimum atomic E-state index is -2.72. The Kier molecular flexibility index (Phi) is 15.0. The predicted octanol–water partition coefficient (Wildman–Crippen LogP) is 8.09. The van der Waals surface area contributed by atoms with E-state index in [1.54, 1.807) is 26.6 Å². The largest absolute Gasteiger partial charge is 0.494 e. The molecular formula is C57H63BrFN12O6P. The molecule has 21 heteroatoms. The number of imide groups is 2. The number of rotatable bonds is 14. The third-order valence-corrected chi connectivity index (χ3v) is 18.1. The van der Waals surface area contributed by atoms with Crippen LogP contribution in [0.15, 0.2) is 95.9 Å². The molecule has 0 radical (unpaired) electrons. The van der Waals surface area contributed by atoms with Crippen molar-refractivity contribution in [3.05, 3.63) is 113 Å². The third-order valence-electron chi connectivity index (χ3n) is 16.0. The van der Waals surface area contributed by atoms with Crippen LogP contribution in [-0.2, 0) is 21.2 Å². The highest BCUT2D eigenvalue weighted by molar-refractivity contribution is 9.10. The number of fused-ring (bicyclic) bond motifs is 1. The molecule has 4 saturated heterocycles. The lowest BCUT2D eigenvalue weighted by molar-refractivity contribution is -0.136. The number of halogens is 2. The minimum absolute atomic E-state index is 0.0175. The van der Waals surface area contributed by atoms with Gasteiger partial charge in [0.15, 0.2) is 0 Å². The van der Waals surface area contributed by atoms with E-state index in [4.69, 9.17) is 9.72 Å². The van der Waals surface area contributed by atoms with E-state index in [-0.39, 0.29) is 29.7 Å². The van der Waals surface area contributed by atoms with Crippen molar-refractivity contribution in [2.75, 3.05) is 99.8 Å². The van der Waals surface area contributed by atoms with Crippen molar-refractivity contribution in [2.45, 2.75) is 50.6 Å². The molecule has 3 N–H and O–H groups in total. The fourth-order valence-corrected chi connectivity index (χ4v) is 13.2. The summed E-state index contributed by atoms with van der Waals surface area (Å²) in [5, 5.41) is 14.3. The fourth-order valence-electron chi connectivity index (χ4n) is 11.8. The number of nitrogens with one attached hydrogen (secondary N) is 3. The lowest BCUT2D eigenvalue weighted by Gasteiger charge is -2.44. The summed E-state index contributed by atoms with van der Waals surface area (Å²) in [6.45, 7) is 11.0. The van der Waals surface area contributed by atoms with Gasteiger partial charge in [0.25, 0.3) is 11.8 Å². The lowest BCUT2D eigenvalue weighted by Crippen LogP contribution is -2.54. The molecule has 0 spiro atoms. The average molecular weight is 1140 g/mol. The number of carbonyl (C=O) groups excluding carboxylic acids is 4. The van der Waals surface area contributed by atoms with E-state index in [0.717, 1.165) is 116 Å².